The Morgan fingerprint density at radius 3 is 2.05 bits per heavy atom. The van der Waals surface area contributed by atoms with E-state index in [-0.39, 0.29) is 11.9 Å². The lowest BCUT2D eigenvalue weighted by Gasteiger charge is -2.28. The first-order valence-electron chi connectivity index (χ1n) is 7.91. The van der Waals surface area contributed by atoms with E-state index in [1.165, 1.54) is 26.4 Å². The predicted octanol–water partition coefficient (Wildman–Crippen LogP) is 3.41. The van der Waals surface area contributed by atoms with E-state index in [2.05, 4.69) is 5.32 Å². The maximum atomic E-state index is 12.0. The summed E-state index contributed by atoms with van der Waals surface area (Å²) in [6, 6.07) is -0.608. The second-order valence-corrected chi connectivity index (χ2v) is 6.75. The summed E-state index contributed by atoms with van der Waals surface area (Å²) in [5, 5.41) is 2.71. The van der Waals surface area contributed by atoms with E-state index in [0.717, 1.165) is 25.7 Å². The Labute approximate surface area is 127 Å². The van der Waals surface area contributed by atoms with E-state index >= 15 is 0 Å². The summed E-state index contributed by atoms with van der Waals surface area (Å²) < 4.78 is 10.1. The number of rotatable bonds is 3. The SMILES string of the molecule is COC(=O)C(NC(=O)OC(C)(C)C)C1CCCCCCC1. The standard InChI is InChI=1S/C16H29NO4/c1-16(2,3)21-15(19)17-13(14(18)20-4)12-10-8-6-5-7-9-11-12/h12-13H,5-11H2,1-4H3,(H,17,19). The summed E-state index contributed by atoms with van der Waals surface area (Å²) in [4.78, 5) is 24.0. The van der Waals surface area contributed by atoms with Gasteiger partial charge in [-0.2, -0.15) is 0 Å². The van der Waals surface area contributed by atoms with Gasteiger partial charge >= 0.3 is 12.1 Å². The van der Waals surface area contributed by atoms with Gasteiger partial charge in [0.1, 0.15) is 11.6 Å². The maximum Gasteiger partial charge on any atom is 0.408 e. The molecule has 0 saturated heterocycles. The molecule has 0 aromatic rings. The number of esters is 1. The summed E-state index contributed by atoms with van der Waals surface area (Å²) in [6.45, 7) is 5.40. The van der Waals surface area contributed by atoms with Crippen LogP contribution in [0.3, 0.4) is 0 Å². The molecule has 1 N–H and O–H groups in total. The molecule has 5 nitrogen and oxygen atoms in total. The van der Waals surface area contributed by atoms with Crippen molar-refractivity contribution in [1.82, 2.24) is 5.32 Å². The summed E-state index contributed by atoms with van der Waals surface area (Å²) in [7, 11) is 1.36. The largest absolute Gasteiger partial charge is 0.467 e. The Balaban J connectivity index is 2.69. The third kappa shape index (κ3) is 6.82. The lowest BCUT2D eigenvalue weighted by atomic mass is 9.86. The number of hydrogen-bond acceptors (Lipinski definition) is 4. The van der Waals surface area contributed by atoms with Crippen LogP contribution in [0, 0.1) is 5.92 Å². The van der Waals surface area contributed by atoms with E-state index in [1.54, 1.807) is 20.8 Å². The second-order valence-electron chi connectivity index (χ2n) is 6.75. The van der Waals surface area contributed by atoms with Gasteiger partial charge in [-0.1, -0.05) is 32.1 Å². The zero-order valence-electron chi connectivity index (χ0n) is 13.7. The van der Waals surface area contributed by atoms with Crippen LogP contribution in [0.5, 0.6) is 0 Å². The highest BCUT2D eigenvalue weighted by Gasteiger charge is 2.32. The van der Waals surface area contributed by atoms with Crippen molar-refractivity contribution < 1.29 is 19.1 Å². The van der Waals surface area contributed by atoms with Gasteiger partial charge in [-0.15, -0.1) is 0 Å². The summed E-state index contributed by atoms with van der Waals surface area (Å²) >= 11 is 0. The Bertz CT molecular complexity index is 341. The van der Waals surface area contributed by atoms with Crippen LogP contribution >= 0.6 is 0 Å². The molecule has 1 amide bonds. The predicted molar refractivity (Wildman–Crippen MR) is 81.0 cm³/mol. The Hall–Kier alpha value is -1.26. The first-order valence-corrected chi connectivity index (χ1v) is 7.91. The molecule has 0 spiro atoms. The minimum atomic E-state index is -0.608. The maximum absolute atomic E-state index is 12.0. The fourth-order valence-corrected chi connectivity index (χ4v) is 2.75. The summed E-state index contributed by atoms with van der Waals surface area (Å²) in [6.07, 6.45) is 7.15. The number of methoxy groups -OCH3 is 1. The molecule has 5 heteroatoms. The number of nitrogens with one attached hydrogen (secondary N) is 1. The molecule has 0 aromatic heterocycles. The number of carbonyl (C=O) groups is 2. The van der Waals surface area contributed by atoms with Crippen molar-refractivity contribution in [3.63, 3.8) is 0 Å². The Morgan fingerprint density at radius 2 is 1.57 bits per heavy atom. The molecule has 1 rings (SSSR count). The van der Waals surface area contributed by atoms with Crippen LogP contribution in [0.2, 0.25) is 0 Å². The van der Waals surface area contributed by atoms with Gasteiger partial charge in [0.2, 0.25) is 0 Å². The van der Waals surface area contributed by atoms with Crippen molar-refractivity contribution in [2.24, 2.45) is 5.92 Å². The van der Waals surface area contributed by atoms with Gasteiger partial charge in [-0.3, -0.25) is 0 Å². The monoisotopic (exact) mass is 299 g/mol. The molecular weight excluding hydrogens is 270 g/mol. The molecule has 0 bridgehead atoms. The van der Waals surface area contributed by atoms with E-state index in [9.17, 15) is 9.59 Å². The zero-order chi connectivity index (χ0) is 15.9. The number of amides is 1. The van der Waals surface area contributed by atoms with E-state index in [1.807, 2.05) is 0 Å². The molecule has 0 heterocycles. The first kappa shape index (κ1) is 17.8. The van der Waals surface area contributed by atoms with Crippen molar-refractivity contribution in [2.45, 2.75) is 77.4 Å². The van der Waals surface area contributed by atoms with Gasteiger partial charge in [0, 0.05) is 0 Å². The summed E-state index contributed by atoms with van der Waals surface area (Å²) in [5.74, 6) is -0.253. The van der Waals surface area contributed by atoms with Gasteiger partial charge in [0.05, 0.1) is 7.11 Å². The van der Waals surface area contributed by atoms with E-state index in [0.29, 0.717) is 0 Å². The van der Waals surface area contributed by atoms with Gasteiger partial charge in [-0.25, -0.2) is 9.59 Å². The third-order valence-corrected chi connectivity index (χ3v) is 3.75. The number of carbonyl (C=O) groups excluding carboxylic acids is 2. The van der Waals surface area contributed by atoms with E-state index in [4.69, 9.17) is 9.47 Å². The average molecular weight is 299 g/mol. The van der Waals surface area contributed by atoms with Gasteiger partial charge < -0.3 is 14.8 Å². The van der Waals surface area contributed by atoms with Crippen LogP contribution in [0.25, 0.3) is 0 Å². The average Bonchev–Trinajstić information content (AvgIpc) is 2.33. The van der Waals surface area contributed by atoms with Gasteiger partial charge in [0.15, 0.2) is 0 Å². The normalized spacial score (nSPS) is 19.0. The van der Waals surface area contributed by atoms with Crippen LogP contribution in [-0.2, 0) is 14.3 Å². The molecule has 1 fully saturated rings. The van der Waals surface area contributed by atoms with Crippen molar-refractivity contribution in [3.05, 3.63) is 0 Å². The lowest BCUT2D eigenvalue weighted by molar-refractivity contribution is -0.144. The second kappa shape index (κ2) is 8.25. The van der Waals surface area contributed by atoms with Crippen LogP contribution < -0.4 is 5.32 Å². The molecule has 1 saturated carbocycles. The molecule has 0 radical (unpaired) electrons. The number of alkyl carbamates (subject to hydrolysis) is 1. The molecular formula is C16H29NO4. The molecule has 0 aromatic carbocycles. The Kier molecular flexibility index (Phi) is 6.99. The smallest absolute Gasteiger partial charge is 0.408 e. The highest BCUT2D eigenvalue weighted by Crippen LogP contribution is 2.25. The molecule has 0 aliphatic heterocycles. The summed E-state index contributed by atoms with van der Waals surface area (Å²) in [5.41, 5.74) is -0.578. The van der Waals surface area contributed by atoms with Crippen LogP contribution in [0.1, 0.15) is 65.7 Å². The zero-order valence-corrected chi connectivity index (χ0v) is 13.7. The molecule has 1 atom stereocenters. The van der Waals surface area contributed by atoms with Crippen molar-refractivity contribution in [3.8, 4) is 0 Å². The quantitative estimate of drug-likeness (QED) is 0.811. The molecule has 1 unspecified atom stereocenters. The highest BCUT2D eigenvalue weighted by molar-refractivity contribution is 5.81. The number of hydrogen-bond donors (Lipinski definition) is 1. The highest BCUT2D eigenvalue weighted by atomic mass is 16.6. The molecule has 21 heavy (non-hydrogen) atoms. The fraction of sp³-hybridized carbons (Fsp3) is 0.875. The third-order valence-electron chi connectivity index (χ3n) is 3.75. The number of ether oxygens (including phenoxy) is 2. The minimum Gasteiger partial charge on any atom is -0.467 e. The van der Waals surface area contributed by atoms with Crippen LogP contribution in [-0.4, -0.2) is 30.8 Å². The van der Waals surface area contributed by atoms with Gasteiger partial charge in [-0.05, 0) is 39.5 Å². The van der Waals surface area contributed by atoms with Crippen LogP contribution in [0.4, 0.5) is 4.79 Å². The van der Waals surface area contributed by atoms with Crippen molar-refractivity contribution >= 4 is 12.1 Å². The van der Waals surface area contributed by atoms with Crippen molar-refractivity contribution in [1.29, 1.82) is 0 Å². The minimum absolute atomic E-state index is 0.130. The Morgan fingerprint density at radius 1 is 1.05 bits per heavy atom. The van der Waals surface area contributed by atoms with E-state index < -0.39 is 17.7 Å². The molecule has 1 aliphatic rings. The molecule has 122 valence electrons. The molecule has 1 aliphatic carbocycles. The fourth-order valence-electron chi connectivity index (χ4n) is 2.75. The first-order chi connectivity index (χ1) is 9.83. The lowest BCUT2D eigenvalue weighted by Crippen LogP contribution is -2.48. The van der Waals surface area contributed by atoms with Crippen LogP contribution in [0.15, 0.2) is 0 Å². The topological polar surface area (TPSA) is 64.6 Å². The van der Waals surface area contributed by atoms with Gasteiger partial charge in [0.25, 0.3) is 0 Å². The van der Waals surface area contributed by atoms with Crippen molar-refractivity contribution in [2.75, 3.05) is 7.11 Å².